The normalized spacial score (nSPS) is 27.2. The summed E-state index contributed by atoms with van der Waals surface area (Å²) in [5, 5.41) is 0. The maximum absolute atomic E-state index is 12.6. The highest BCUT2D eigenvalue weighted by Gasteiger charge is 2.35. The highest BCUT2D eigenvalue weighted by atomic mass is 16.2. The Morgan fingerprint density at radius 1 is 1.33 bits per heavy atom. The van der Waals surface area contributed by atoms with Crippen molar-refractivity contribution in [1.29, 1.82) is 0 Å². The molecular formula is C15H25N5O. The highest BCUT2D eigenvalue weighted by Crippen LogP contribution is 2.32. The van der Waals surface area contributed by atoms with Gasteiger partial charge in [-0.2, -0.15) is 0 Å². The van der Waals surface area contributed by atoms with Crippen LogP contribution in [0.5, 0.6) is 0 Å². The van der Waals surface area contributed by atoms with Gasteiger partial charge in [-0.1, -0.05) is 6.42 Å². The first kappa shape index (κ1) is 14.5. The Morgan fingerprint density at radius 3 is 2.81 bits per heavy atom. The number of piperazine rings is 1. The van der Waals surface area contributed by atoms with E-state index in [9.17, 15) is 4.79 Å². The summed E-state index contributed by atoms with van der Waals surface area (Å²) in [6.07, 6.45) is 6.92. The van der Waals surface area contributed by atoms with Crippen molar-refractivity contribution < 1.29 is 4.79 Å². The monoisotopic (exact) mass is 291 g/mol. The van der Waals surface area contributed by atoms with Crippen LogP contribution in [0.25, 0.3) is 0 Å². The molecule has 2 fully saturated rings. The predicted octanol–water partition coefficient (Wildman–Crippen LogP) is 0.429. The number of hydrogen-bond donors (Lipinski definition) is 2. The van der Waals surface area contributed by atoms with Gasteiger partial charge in [-0.25, -0.2) is 4.98 Å². The molecule has 0 spiro atoms. The molecule has 1 amide bonds. The molecule has 0 aromatic carbocycles. The van der Waals surface area contributed by atoms with Crippen LogP contribution in [0.3, 0.4) is 0 Å². The second-order valence-corrected chi connectivity index (χ2v) is 6.17. The van der Waals surface area contributed by atoms with Crippen molar-refractivity contribution in [2.45, 2.75) is 25.8 Å². The van der Waals surface area contributed by atoms with E-state index < -0.39 is 0 Å². The average Bonchev–Trinajstić information content (AvgIpc) is 3.18. The summed E-state index contributed by atoms with van der Waals surface area (Å²) >= 11 is 0. The van der Waals surface area contributed by atoms with Crippen molar-refractivity contribution in [3.8, 4) is 0 Å². The summed E-state index contributed by atoms with van der Waals surface area (Å²) in [6, 6.07) is 0. The minimum Gasteiger partial charge on any atom is -0.348 e. The molecule has 0 unspecified atom stereocenters. The van der Waals surface area contributed by atoms with E-state index in [4.69, 9.17) is 5.73 Å². The van der Waals surface area contributed by atoms with Gasteiger partial charge in [0.1, 0.15) is 5.82 Å². The quantitative estimate of drug-likeness (QED) is 0.843. The molecule has 0 bridgehead atoms. The van der Waals surface area contributed by atoms with Gasteiger partial charge in [0.05, 0.1) is 6.54 Å². The molecule has 1 saturated carbocycles. The van der Waals surface area contributed by atoms with E-state index >= 15 is 0 Å². The molecule has 6 heteroatoms. The van der Waals surface area contributed by atoms with Crippen LogP contribution in [0, 0.1) is 11.8 Å². The third kappa shape index (κ3) is 3.27. The standard InChI is InChI=1S/C15H25N5O/c16-10-12-2-1-3-13(12)15(21)20-8-6-19(7-9-20)11-14-17-4-5-18-14/h4-5,12-13H,1-3,6-11,16H2,(H,17,18)/t12-,13-/m1/s1. The van der Waals surface area contributed by atoms with Crippen LogP contribution >= 0.6 is 0 Å². The van der Waals surface area contributed by atoms with Crippen molar-refractivity contribution in [3.05, 3.63) is 18.2 Å². The minimum atomic E-state index is 0.173. The van der Waals surface area contributed by atoms with Gasteiger partial charge in [0.25, 0.3) is 0 Å². The van der Waals surface area contributed by atoms with Gasteiger partial charge in [-0.3, -0.25) is 9.69 Å². The molecule has 2 atom stereocenters. The van der Waals surface area contributed by atoms with E-state index in [0.717, 1.165) is 57.8 Å². The molecule has 1 aromatic heterocycles. The number of aromatic nitrogens is 2. The van der Waals surface area contributed by atoms with E-state index in [1.54, 1.807) is 6.20 Å². The van der Waals surface area contributed by atoms with E-state index in [-0.39, 0.29) is 5.92 Å². The number of carbonyl (C=O) groups is 1. The van der Waals surface area contributed by atoms with Crippen LogP contribution in [0.1, 0.15) is 25.1 Å². The predicted molar refractivity (Wildman–Crippen MR) is 80.3 cm³/mol. The lowest BCUT2D eigenvalue weighted by Gasteiger charge is -2.36. The minimum absolute atomic E-state index is 0.173. The van der Waals surface area contributed by atoms with Gasteiger partial charge in [-0.15, -0.1) is 0 Å². The molecular weight excluding hydrogens is 266 g/mol. The Bertz CT molecular complexity index is 453. The van der Waals surface area contributed by atoms with Crippen molar-refractivity contribution in [2.24, 2.45) is 17.6 Å². The van der Waals surface area contributed by atoms with Crippen LogP contribution in [-0.4, -0.2) is 58.4 Å². The summed E-state index contributed by atoms with van der Waals surface area (Å²) in [5.41, 5.74) is 5.80. The topological polar surface area (TPSA) is 78.2 Å². The lowest BCUT2D eigenvalue weighted by Crippen LogP contribution is -2.50. The van der Waals surface area contributed by atoms with Crippen LogP contribution in [-0.2, 0) is 11.3 Å². The van der Waals surface area contributed by atoms with E-state index in [0.29, 0.717) is 18.4 Å². The van der Waals surface area contributed by atoms with Gasteiger partial charge in [0.15, 0.2) is 0 Å². The number of nitrogens with zero attached hydrogens (tertiary/aromatic N) is 3. The van der Waals surface area contributed by atoms with Crippen molar-refractivity contribution in [1.82, 2.24) is 19.8 Å². The molecule has 0 radical (unpaired) electrons. The van der Waals surface area contributed by atoms with Crippen LogP contribution in [0.15, 0.2) is 12.4 Å². The zero-order valence-electron chi connectivity index (χ0n) is 12.5. The van der Waals surface area contributed by atoms with Crippen molar-refractivity contribution in [3.63, 3.8) is 0 Å². The van der Waals surface area contributed by atoms with Crippen LogP contribution in [0.4, 0.5) is 0 Å². The number of H-pyrrole nitrogens is 1. The maximum atomic E-state index is 12.6. The second kappa shape index (κ2) is 6.58. The lowest BCUT2D eigenvalue weighted by molar-refractivity contribution is -0.138. The summed E-state index contributed by atoms with van der Waals surface area (Å²) in [4.78, 5) is 24.4. The van der Waals surface area contributed by atoms with E-state index in [1.165, 1.54) is 0 Å². The Balaban J connectivity index is 1.50. The number of hydrogen-bond acceptors (Lipinski definition) is 4. The summed E-state index contributed by atoms with van der Waals surface area (Å²) in [6.45, 7) is 4.98. The second-order valence-electron chi connectivity index (χ2n) is 6.17. The summed E-state index contributed by atoms with van der Waals surface area (Å²) < 4.78 is 0. The molecule has 116 valence electrons. The SMILES string of the molecule is NC[C@H]1CCC[C@H]1C(=O)N1CCN(Cc2ncc[nH]2)CC1. The molecule has 3 N–H and O–H groups in total. The van der Waals surface area contributed by atoms with Crippen molar-refractivity contribution in [2.75, 3.05) is 32.7 Å². The molecule has 1 aliphatic carbocycles. The first-order chi connectivity index (χ1) is 10.3. The average molecular weight is 291 g/mol. The number of carbonyl (C=O) groups excluding carboxylic acids is 1. The van der Waals surface area contributed by atoms with E-state index in [2.05, 4.69) is 14.9 Å². The van der Waals surface area contributed by atoms with Gasteiger partial charge in [-0.05, 0) is 25.3 Å². The summed E-state index contributed by atoms with van der Waals surface area (Å²) in [5.74, 6) is 1.90. The van der Waals surface area contributed by atoms with Gasteiger partial charge < -0.3 is 15.6 Å². The van der Waals surface area contributed by atoms with Crippen LogP contribution < -0.4 is 5.73 Å². The lowest BCUT2D eigenvalue weighted by atomic mass is 9.94. The molecule has 3 rings (SSSR count). The Kier molecular flexibility index (Phi) is 4.55. The van der Waals surface area contributed by atoms with Gasteiger partial charge >= 0.3 is 0 Å². The number of aromatic amines is 1. The Morgan fingerprint density at radius 2 is 2.14 bits per heavy atom. The zero-order valence-corrected chi connectivity index (χ0v) is 12.5. The molecule has 1 saturated heterocycles. The first-order valence-electron chi connectivity index (χ1n) is 7.97. The molecule has 1 aromatic rings. The molecule has 6 nitrogen and oxygen atoms in total. The highest BCUT2D eigenvalue weighted by molar-refractivity contribution is 5.79. The van der Waals surface area contributed by atoms with Crippen molar-refractivity contribution >= 4 is 5.91 Å². The largest absolute Gasteiger partial charge is 0.348 e. The Labute approximate surface area is 125 Å². The number of nitrogens with two attached hydrogens (primary N) is 1. The fraction of sp³-hybridized carbons (Fsp3) is 0.733. The molecule has 1 aliphatic heterocycles. The fourth-order valence-electron chi connectivity index (χ4n) is 3.60. The summed E-state index contributed by atoms with van der Waals surface area (Å²) in [7, 11) is 0. The maximum Gasteiger partial charge on any atom is 0.226 e. The number of amides is 1. The third-order valence-electron chi connectivity index (χ3n) is 4.89. The number of imidazole rings is 1. The molecule has 2 heterocycles. The smallest absolute Gasteiger partial charge is 0.226 e. The number of rotatable bonds is 4. The first-order valence-corrected chi connectivity index (χ1v) is 7.97. The zero-order chi connectivity index (χ0) is 14.7. The number of nitrogens with one attached hydrogen (secondary N) is 1. The Hall–Kier alpha value is -1.40. The fourth-order valence-corrected chi connectivity index (χ4v) is 3.60. The third-order valence-corrected chi connectivity index (χ3v) is 4.89. The van der Waals surface area contributed by atoms with Gasteiger partial charge in [0, 0.05) is 44.5 Å². The van der Waals surface area contributed by atoms with Gasteiger partial charge in [0.2, 0.25) is 5.91 Å². The molecule has 2 aliphatic rings. The van der Waals surface area contributed by atoms with Crippen LogP contribution in [0.2, 0.25) is 0 Å². The van der Waals surface area contributed by atoms with E-state index in [1.807, 2.05) is 11.1 Å². The molecule has 21 heavy (non-hydrogen) atoms.